The van der Waals surface area contributed by atoms with Crippen molar-refractivity contribution in [1.82, 2.24) is 9.80 Å². The first-order valence-electron chi connectivity index (χ1n) is 11.4. The second-order valence-corrected chi connectivity index (χ2v) is 9.82. The number of anilines is 1. The Hall–Kier alpha value is -2.89. The topological polar surface area (TPSA) is 83.9 Å². The van der Waals surface area contributed by atoms with Crippen LogP contribution in [0.2, 0.25) is 0 Å². The van der Waals surface area contributed by atoms with Crippen molar-refractivity contribution in [2.24, 2.45) is 0 Å². The first-order valence-corrected chi connectivity index (χ1v) is 12.8. The molecular weight excluding hydrogens is 502 g/mol. The van der Waals surface area contributed by atoms with Crippen LogP contribution in [0.4, 0.5) is 5.69 Å². The number of ether oxygens (including phenoxy) is 4. The summed E-state index contributed by atoms with van der Waals surface area (Å²) in [6, 6.07) is 8.51. The molecule has 0 aliphatic carbocycles. The average molecular weight is 536 g/mol. The molecule has 11 heteroatoms. The maximum Gasteiger partial charge on any atom is 0.237 e. The second kappa shape index (κ2) is 12.9. The molecule has 0 atom stereocenters. The molecule has 36 heavy (non-hydrogen) atoms. The average Bonchev–Trinajstić information content (AvgIpc) is 2.89. The van der Waals surface area contributed by atoms with Gasteiger partial charge >= 0.3 is 0 Å². The van der Waals surface area contributed by atoms with Crippen LogP contribution in [0.25, 0.3) is 0 Å². The fourth-order valence-corrected chi connectivity index (χ4v) is 4.97. The Balaban J connectivity index is 1.88. The Kier molecular flexibility index (Phi) is 9.91. The molecule has 1 saturated heterocycles. The third-order valence-electron chi connectivity index (χ3n) is 5.93. The molecular formula is C25H33N3O6S2. The number of hydrogen-bond acceptors (Lipinski definition) is 9. The van der Waals surface area contributed by atoms with Crippen molar-refractivity contribution < 1.29 is 28.8 Å². The predicted molar refractivity (Wildman–Crippen MR) is 146 cm³/mol. The zero-order chi connectivity index (χ0) is 26.2. The van der Waals surface area contributed by atoms with Gasteiger partial charge in [0.1, 0.15) is 4.32 Å². The number of benzene rings is 2. The molecule has 2 aromatic rings. The minimum atomic E-state index is -0.152. The highest BCUT2D eigenvalue weighted by molar-refractivity contribution is 8.23. The molecule has 1 amide bonds. The number of methoxy groups -OCH3 is 4. The zero-order valence-electron chi connectivity index (χ0n) is 21.3. The van der Waals surface area contributed by atoms with Crippen LogP contribution in [-0.2, 0) is 11.3 Å². The Morgan fingerprint density at radius 1 is 0.972 bits per heavy atom. The van der Waals surface area contributed by atoms with Crippen molar-refractivity contribution in [2.45, 2.75) is 6.54 Å². The highest BCUT2D eigenvalue weighted by atomic mass is 32.2. The molecule has 1 heterocycles. The van der Waals surface area contributed by atoms with Gasteiger partial charge in [0.05, 0.1) is 46.4 Å². The van der Waals surface area contributed by atoms with E-state index in [-0.39, 0.29) is 24.0 Å². The van der Waals surface area contributed by atoms with E-state index in [1.807, 2.05) is 0 Å². The molecule has 0 radical (unpaired) electrons. The number of thioether (sulfide) groups is 1. The molecule has 0 unspecified atom stereocenters. The summed E-state index contributed by atoms with van der Waals surface area (Å²) < 4.78 is 22.3. The van der Waals surface area contributed by atoms with E-state index >= 15 is 0 Å². The number of carbonyl (C=O) groups excluding carboxylic acids is 1. The maximum absolute atomic E-state index is 13.6. The molecule has 196 valence electrons. The molecule has 0 bridgehead atoms. The molecule has 1 aliphatic heterocycles. The van der Waals surface area contributed by atoms with Gasteiger partial charge in [0.25, 0.3) is 0 Å². The van der Waals surface area contributed by atoms with E-state index in [1.165, 1.54) is 40.2 Å². The number of phenols is 1. The minimum Gasteiger partial charge on any atom is -0.504 e. The number of rotatable bonds is 9. The van der Waals surface area contributed by atoms with Gasteiger partial charge in [-0.2, -0.15) is 0 Å². The van der Waals surface area contributed by atoms with Gasteiger partial charge in [-0.05, 0) is 24.7 Å². The first-order chi connectivity index (χ1) is 17.3. The summed E-state index contributed by atoms with van der Waals surface area (Å²) in [4.78, 5) is 19.6. The third-order valence-corrected chi connectivity index (χ3v) is 7.43. The van der Waals surface area contributed by atoms with E-state index in [4.69, 9.17) is 31.2 Å². The van der Waals surface area contributed by atoms with Crippen LogP contribution in [0.3, 0.4) is 0 Å². The van der Waals surface area contributed by atoms with Crippen LogP contribution in [0, 0.1) is 0 Å². The van der Waals surface area contributed by atoms with Gasteiger partial charge in [-0.15, -0.1) is 0 Å². The van der Waals surface area contributed by atoms with E-state index in [0.29, 0.717) is 33.0 Å². The quantitative estimate of drug-likeness (QED) is 0.483. The number of carbonyl (C=O) groups is 1. The lowest BCUT2D eigenvalue weighted by molar-refractivity contribution is -0.116. The van der Waals surface area contributed by atoms with Gasteiger partial charge in [-0.3, -0.25) is 4.79 Å². The van der Waals surface area contributed by atoms with Crippen LogP contribution in [-0.4, -0.2) is 92.6 Å². The van der Waals surface area contributed by atoms with Crippen LogP contribution in [0.5, 0.6) is 28.7 Å². The molecule has 1 fully saturated rings. The highest BCUT2D eigenvalue weighted by Gasteiger charge is 2.24. The molecule has 1 N–H and O–H groups in total. The van der Waals surface area contributed by atoms with Gasteiger partial charge in [0.15, 0.2) is 23.0 Å². The lowest BCUT2D eigenvalue weighted by Crippen LogP contribution is -2.46. The van der Waals surface area contributed by atoms with E-state index in [0.717, 1.165) is 31.7 Å². The van der Waals surface area contributed by atoms with E-state index in [2.05, 4.69) is 16.8 Å². The zero-order valence-corrected chi connectivity index (χ0v) is 22.9. The highest BCUT2D eigenvalue weighted by Crippen LogP contribution is 2.41. The van der Waals surface area contributed by atoms with Crippen molar-refractivity contribution >= 4 is 39.9 Å². The van der Waals surface area contributed by atoms with Crippen LogP contribution >= 0.6 is 24.0 Å². The van der Waals surface area contributed by atoms with E-state index in [9.17, 15) is 9.90 Å². The molecule has 1 aliphatic rings. The summed E-state index contributed by atoms with van der Waals surface area (Å²) >= 11 is 6.97. The predicted octanol–water partition coefficient (Wildman–Crippen LogP) is 3.23. The molecule has 2 aromatic carbocycles. The number of likely N-dealkylation sites (N-methyl/N-ethyl adjacent to an activating group) is 1. The van der Waals surface area contributed by atoms with E-state index < -0.39 is 0 Å². The fourth-order valence-electron chi connectivity index (χ4n) is 3.84. The van der Waals surface area contributed by atoms with Crippen molar-refractivity contribution in [3.8, 4) is 28.7 Å². The number of thiocarbonyl (C=S) groups is 1. The Labute approximate surface area is 221 Å². The van der Waals surface area contributed by atoms with Crippen LogP contribution < -0.4 is 23.8 Å². The number of aromatic hydroxyl groups is 1. The van der Waals surface area contributed by atoms with E-state index in [1.54, 1.807) is 35.2 Å². The minimum absolute atomic E-state index is 0.00193. The summed E-state index contributed by atoms with van der Waals surface area (Å²) in [5.41, 5.74) is 1.29. The van der Waals surface area contributed by atoms with Gasteiger partial charge in [-0.1, -0.05) is 30.0 Å². The monoisotopic (exact) mass is 535 g/mol. The fraction of sp³-hybridized carbons (Fsp3) is 0.440. The van der Waals surface area contributed by atoms with Crippen LogP contribution in [0.1, 0.15) is 5.56 Å². The summed E-state index contributed by atoms with van der Waals surface area (Å²) in [7, 11) is 8.15. The van der Waals surface area contributed by atoms with Crippen molar-refractivity contribution in [3.63, 3.8) is 0 Å². The summed E-state index contributed by atoms with van der Waals surface area (Å²) in [5.74, 6) is 1.66. The lowest BCUT2D eigenvalue weighted by Gasteiger charge is -2.34. The molecule has 0 spiro atoms. The summed E-state index contributed by atoms with van der Waals surface area (Å²) in [6.07, 6.45) is 0. The molecule has 3 rings (SSSR count). The summed E-state index contributed by atoms with van der Waals surface area (Å²) in [6.45, 7) is 3.77. The van der Waals surface area contributed by atoms with Crippen LogP contribution in [0.15, 0.2) is 30.3 Å². The second-order valence-electron chi connectivity index (χ2n) is 8.21. The Bertz CT molecular complexity index is 1050. The van der Waals surface area contributed by atoms with Crippen molar-refractivity contribution in [3.05, 3.63) is 35.9 Å². The summed E-state index contributed by atoms with van der Waals surface area (Å²) in [5, 5.41) is 10.3. The third kappa shape index (κ3) is 6.65. The normalized spacial score (nSPS) is 13.8. The van der Waals surface area contributed by atoms with Gasteiger partial charge in [0, 0.05) is 38.3 Å². The van der Waals surface area contributed by atoms with Gasteiger partial charge in [0.2, 0.25) is 11.7 Å². The van der Waals surface area contributed by atoms with Gasteiger partial charge < -0.3 is 38.8 Å². The largest absolute Gasteiger partial charge is 0.504 e. The Morgan fingerprint density at radius 2 is 1.58 bits per heavy atom. The molecule has 0 aromatic heterocycles. The SMILES string of the molecule is COc1ccc(CN(C(=O)CSC(=S)N2CCN(C)CC2)c2cc(OC)c(OC)c(OC)c2)cc1O. The lowest BCUT2D eigenvalue weighted by atomic mass is 10.1. The molecule has 0 saturated carbocycles. The molecule has 9 nitrogen and oxygen atoms in total. The number of piperazine rings is 1. The number of phenolic OH excluding ortho intramolecular Hbond substituents is 1. The number of amides is 1. The number of nitrogens with zero attached hydrogens (tertiary/aromatic N) is 3. The smallest absolute Gasteiger partial charge is 0.237 e. The van der Waals surface area contributed by atoms with Crippen molar-refractivity contribution in [2.75, 3.05) is 72.3 Å². The van der Waals surface area contributed by atoms with Crippen molar-refractivity contribution in [1.29, 1.82) is 0 Å². The van der Waals surface area contributed by atoms with Gasteiger partial charge in [-0.25, -0.2) is 0 Å². The first kappa shape index (κ1) is 27.7. The standard InChI is InChI=1S/C25H33N3O6S2/c1-26-8-10-27(11-9-26)25(35)36-16-23(30)28(15-17-6-7-20(31-2)19(29)12-17)18-13-21(32-3)24(34-5)22(14-18)33-4/h6-7,12-14,29H,8-11,15-16H2,1-5H3. The number of hydrogen-bond donors (Lipinski definition) is 1. The Morgan fingerprint density at radius 3 is 2.11 bits per heavy atom. The maximum atomic E-state index is 13.6.